The summed E-state index contributed by atoms with van der Waals surface area (Å²) in [6, 6.07) is 7.78. The monoisotopic (exact) mass is 249 g/mol. The fraction of sp³-hybridized carbons (Fsp3) is 0.533. The molecule has 1 N–H and O–H groups in total. The van der Waals surface area contributed by atoms with Crippen LogP contribution in [0.15, 0.2) is 24.3 Å². The van der Waals surface area contributed by atoms with Crippen molar-refractivity contribution in [2.45, 2.75) is 32.6 Å². The Balaban J connectivity index is 2.57. The van der Waals surface area contributed by atoms with Crippen LogP contribution in [0.5, 0.6) is 0 Å². The van der Waals surface area contributed by atoms with E-state index in [0.29, 0.717) is 0 Å². The molecular formula is C15H23NO2. The number of aryl methyl sites for hydroxylation is 1. The summed E-state index contributed by atoms with van der Waals surface area (Å²) in [5, 5.41) is 8.71. The first-order chi connectivity index (χ1) is 8.70. The van der Waals surface area contributed by atoms with Gasteiger partial charge in [0.25, 0.3) is 5.91 Å². The number of amides is 1. The number of nitrogens with zero attached hydrogens (tertiary/aromatic N) is 1. The Bertz CT molecular complexity index is 377. The van der Waals surface area contributed by atoms with Gasteiger partial charge in [-0.2, -0.15) is 0 Å². The Labute approximate surface area is 109 Å². The third kappa shape index (κ3) is 4.15. The number of rotatable bonds is 7. The van der Waals surface area contributed by atoms with Gasteiger partial charge in [-0.15, -0.1) is 0 Å². The smallest absolute Gasteiger partial charge is 0.253 e. The molecule has 1 aromatic carbocycles. The van der Waals surface area contributed by atoms with E-state index < -0.39 is 0 Å². The lowest BCUT2D eigenvalue weighted by molar-refractivity contribution is 0.0791. The normalized spacial score (nSPS) is 10.4. The predicted molar refractivity (Wildman–Crippen MR) is 73.7 cm³/mol. The molecule has 0 fully saturated rings. The van der Waals surface area contributed by atoms with Gasteiger partial charge in [-0.1, -0.05) is 25.1 Å². The summed E-state index contributed by atoms with van der Waals surface area (Å²) in [4.78, 5) is 14.0. The number of aliphatic hydroxyl groups is 1. The molecular weight excluding hydrogens is 226 g/mol. The van der Waals surface area contributed by atoms with Crippen LogP contribution < -0.4 is 0 Å². The summed E-state index contributed by atoms with van der Waals surface area (Å²) in [5.74, 6) is 0.0939. The predicted octanol–water partition coefficient (Wildman–Crippen LogP) is 2.48. The highest BCUT2D eigenvalue weighted by Crippen LogP contribution is 2.12. The molecule has 1 aromatic rings. The number of unbranched alkanes of at least 4 members (excludes halogenated alkanes) is 2. The van der Waals surface area contributed by atoms with E-state index in [9.17, 15) is 4.79 Å². The zero-order chi connectivity index (χ0) is 13.4. The number of hydrogen-bond donors (Lipinski definition) is 1. The molecule has 0 heterocycles. The van der Waals surface area contributed by atoms with Crippen LogP contribution in [0.4, 0.5) is 0 Å². The van der Waals surface area contributed by atoms with Gasteiger partial charge in [0.1, 0.15) is 0 Å². The lowest BCUT2D eigenvalue weighted by Gasteiger charge is -2.18. The minimum absolute atomic E-state index is 0.0939. The molecule has 0 aliphatic carbocycles. The highest BCUT2D eigenvalue weighted by atomic mass is 16.2. The van der Waals surface area contributed by atoms with Crippen LogP contribution in [-0.2, 0) is 6.42 Å². The molecule has 0 spiro atoms. The lowest BCUT2D eigenvalue weighted by atomic mass is 10.0. The van der Waals surface area contributed by atoms with Crippen LogP contribution in [-0.4, -0.2) is 36.1 Å². The van der Waals surface area contributed by atoms with Gasteiger partial charge in [0.05, 0.1) is 0 Å². The van der Waals surface area contributed by atoms with E-state index in [1.54, 1.807) is 4.90 Å². The Kier molecular flexibility index (Phi) is 6.44. The first kappa shape index (κ1) is 14.7. The van der Waals surface area contributed by atoms with Crippen molar-refractivity contribution in [1.29, 1.82) is 0 Å². The summed E-state index contributed by atoms with van der Waals surface area (Å²) in [6.07, 6.45) is 3.59. The van der Waals surface area contributed by atoms with Gasteiger partial charge in [0.15, 0.2) is 0 Å². The molecule has 100 valence electrons. The van der Waals surface area contributed by atoms with E-state index in [1.165, 1.54) is 0 Å². The summed E-state index contributed by atoms with van der Waals surface area (Å²) < 4.78 is 0. The number of hydrogen-bond acceptors (Lipinski definition) is 2. The van der Waals surface area contributed by atoms with Crippen molar-refractivity contribution < 1.29 is 9.90 Å². The molecule has 0 saturated heterocycles. The second kappa shape index (κ2) is 7.88. The lowest BCUT2D eigenvalue weighted by Crippen LogP contribution is -2.28. The maximum absolute atomic E-state index is 12.3. The topological polar surface area (TPSA) is 40.5 Å². The van der Waals surface area contributed by atoms with Crippen LogP contribution in [0.1, 0.15) is 42.1 Å². The number of aliphatic hydroxyl groups excluding tert-OH is 1. The second-order valence-electron chi connectivity index (χ2n) is 4.52. The molecule has 0 radical (unpaired) electrons. The van der Waals surface area contributed by atoms with Gasteiger partial charge in [-0.3, -0.25) is 4.79 Å². The highest BCUT2D eigenvalue weighted by Gasteiger charge is 2.13. The van der Waals surface area contributed by atoms with E-state index in [1.807, 2.05) is 31.3 Å². The van der Waals surface area contributed by atoms with E-state index in [0.717, 1.165) is 43.4 Å². The summed E-state index contributed by atoms with van der Waals surface area (Å²) in [7, 11) is 1.84. The second-order valence-corrected chi connectivity index (χ2v) is 4.52. The van der Waals surface area contributed by atoms with Crippen molar-refractivity contribution in [3.8, 4) is 0 Å². The van der Waals surface area contributed by atoms with E-state index in [2.05, 4.69) is 6.92 Å². The SMILES string of the molecule is CCc1ccccc1C(=O)N(C)CCCCCO. The zero-order valence-electron chi connectivity index (χ0n) is 11.4. The highest BCUT2D eigenvalue weighted by molar-refractivity contribution is 5.95. The Morgan fingerprint density at radius 1 is 1.22 bits per heavy atom. The molecule has 0 bridgehead atoms. The van der Waals surface area contributed by atoms with Crippen molar-refractivity contribution >= 4 is 5.91 Å². The standard InChI is InChI=1S/C15H23NO2/c1-3-13-9-5-6-10-14(13)15(18)16(2)11-7-4-8-12-17/h5-6,9-10,17H,3-4,7-8,11-12H2,1-2H3. The largest absolute Gasteiger partial charge is 0.396 e. The van der Waals surface area contributed by atoms with Gasteiger partial charge >= 0.3 is 0 Å². The fourth-order valence-corrected chi connectivity index (χ4v) is 1.98. The van der Waals surface area contributed by atoms with E-state index in [-0.39, 0.29) is 12.5 Å². The number of carbonyl (C=O) groups is 1. The Morgan fingerprint density at radius 2 is 1.94 bits per heavy atom. The first-order valence-corrected chi connectivity index (χ1v) is 6.65. The first-order valence-electron chi connectivity index (χ1n) is 6.65. The van der Waals surface area contributed by atoms with Gasteiger partial charge in [0, 0.05) is 25.8 Å². The molecule has 0 aliphatic heterocycles. The maximum Gasteiger partial charge on any atom is 0.253 e. The van der Waals surface area contributed by atoms with Crippen LogP contribution in [0, 0.1) is 0 Å². The molecule has 18 heavy (non-hydrogen) atoms. The van der Waals surface area contributed by atoms with Crippen molar-refractivity contribution in [3.05, 3.63) is 35.4 Å². The van der Waals surface area contributed by atoms with Gasteiger partial charge in [-0.05, 0) is 37.3 Å². The molecule has 1 amide bonds. The Morgan fingerprint density at radius 3 is 2.61 bits per heavy atom. The van der Waals surface area contributed by atoms with Gasteiger partial charge < -0.3 is 10.0 Å². The van der Waals surface area contributed by atoms with E-state index >= 15 is 0 Å². The van der Waals surface area contributed by atoms with Crippen LogP contribution >= 0.6 is 0 Å². The minimum atomic E-state index is 0.0939. The van der Waals surface area contributed by atoms with Crippen molar-refractivity contribution in [3.63, 3.8) is 0 Å². The quantitative estimate of drug-likeness (QED) is 0.754. The maximum atomic E-state index is 12.3. The summed E-state index contributed by atoms with van der Waals surface area (Å²) in [6.45, 7) is 3.04. The Hall–Kier alpha value is -1.35. The van der Waals surface area contributed by atoms with Crippen molar-refractivity contribution in [2.75, 3.05) is 20.2 Å². The molecule has 0 aliphatic rings. The van der Waals surface area contributed by atoms with Crippen molar-refractivity contribution in [1.82, 2.24) is 4.90 Å². The molecule has 0 saturated carbocycles. The average molecular weight is 249 g/mol. The summed E-state index contributed by atoms with van der Waals surface area (Å²) in [5.41, 5.74) is 1.91. The van der Waals surface area contributed by atoms with Crippen molar-refractivity contribution in [2.24, 2.45) is 0 Å². The molecule has 1 rings (SSSR count). The fourth-order valence-electron chi connectivity index (χ4n) is 1.98. The van der Waals surface area contributed by atoms with Gasteiger partial charge in [-0.25, -0.2) is 0 Å². The molecule has 0 atom stereocenters. The third-order valence-corrected chi connectivity index (χ3v) is 3.13. The zero-order valence-corrected chi connectivity index (χ0v) is 11.4. The average Bonchev–Trinajstić information content (AvgIpc) is 2.42. The molecule has 3 heteroatoms. The number of carbonyl (C=O) groups excluding carboxylic acids is 1. The minimum Gasteiger partial charge on any atom is -0.396 e. The summed E-state index contributed by atoms with van der Waals surface area (Å²) >= 11 is 0. The molecule has 0 aromatic heterocycles. The van der Waals surface area contributed by atoms with Crippen LogP contribution in [0.25, 0.3) is 0 Å². The van der Waals surface area contributed by atoms with Crippen LogP contribution in [0.2, 0.25) is 0 Å². The number of benzene rings is 1. The van der Waals surface area contributed by atoms with Gasteiger partial charge in [0.2, 0.25) is 0 Å². The van der Waals surface area contributed by atoms with Crippen LogP contribution in [0.3, 0.4) is 0 Å². The third-order valence-electron chi connectivity index (χ3n) is 3.13. The van der Waals surface area contributed by atoms with E-state index in [4.69, 9.17) is 5.11 Å². The molecule has 0 unspecified atom stereocenters. The molecule has 3 nitrogen and oxygen atoms in total.